The molecule has 6 heteroatoms. The highest BCUT2D eigenvalue weighted by atomic mass is 32.2. The second kappa shape index (κ2) is 5.86. The predicted molar refractivity (Wildman–Crippen MR) is 71.0 cm³/mol. The van der Waals surface area contributed by atoms with Gasteiger partial charge in [-0.05, 0) is 32.6 Å². The van der Waals surface area contributed by atoms with E-state index in [1.807, 2.05) is 6.92 Å². The molecule has 2 aliphatic rings. The summed E-state index contributed by atoms with van der Waals surface area (Å²) < 4.78 is 29.9. The molecule has 18 heavy (non-hydrogen) atoms. The number of hydrogen-bond donors (Lipinski definition) is 1. The fourth-order valence-electron chi connectivity index (χ4n) is 2.76. The molecule has 0 unspecified atom stereocenters. The molecule has 5 nitrogen and oxygen atoms in total. The lowest BCUT2D eigenvalue weighted by Gasteiger charge is -2.40. The van der Waals surface area contributed by atoms with Crippen LogP contribution < -0.4 is 5.32 Å². The summed E-state index contributed by atoms with van der Waals surface area (Å²) in [7, 11) is -3.00. The zero-order valence-corrected chi connectivity index (χ0v) is 12.1. The number of nitrogens with zero attached hydrogens (tertiary/aromatic N) is 1. The molecule has 1 N–H and O–H groups in total. The van der Waals surface area contributed by atoms with Crippen molar-refractivity contribution in [1.82, 2.24) is 9.62 Å². The Balaban J connectivity index is 1.66. The molecule has 1 saturated carbocycles. The molecule has 0 spiro atoms. The van der Waals surface area contributed by atoms with Gasteiger partial charge in [0.2, 0.25) is 10.0 Å². The first kappa shape index (κ1) is 14.2. The Morgan fingerprint density at radius 2 is 1.83 bits per heavy atom. The summed E-state index contributed by atoms with van der Waals surface area (Å²) in [5.41, 5.74) is 0. The van der Waals surface area contributed by atoms with Gasteiger partial charge in [0.05, 0.1) is 12.4 Å². The normalized spacial score (nSPS) is 31.2. The summed E-state index contributed by atoms with van der Waals surface area (Å²) in [5.74, 6) is 0. The smallest absolute Gasteiger partial charge is 0.211 e. The molecule has 0 atom stereocenters. The summed E-state index contributed by atoms with van der Waals surface area (Å²) in [4.78, 5) is 0. The zero-order valence-electron chi connectivity index (χ0n) is 11.3. The quantitative estimate of drug-likeness (QED) is 0.797. The van der Waals surface area contributed by atoms with Gasteiger partial charge in [-0.1, -0.05) is 0 Å². The van der Waals surface area contributed by atoms with E-state index in [2.05, 4.69) is 5.32 Å². The summed E-state index contributed by atoms with van der Waals surface area (Å²) in [6.45, 7) is 4.13. The van der Waals surface area contributed by atoms with Crippen molar-refractivity contribution in [3.8, 4) is 0 Å². The molecule has 1 saturated heterocycles. The highest BCUT2D eigenvalue weighted by Crippen LogP contribution is 2.25. The molecule has 106 valence electrons. The maximum absolute atomic E-state index is 11.4. The third-order valence-corrected chi connectivity index (χ3v) is 5.19. The van der Waals surface area contributed by atoms with E-state index in [1.54, 1.807) is 4.31 Å². The summed E-state index contributed by atoms with van der Waals surface area (Å²) in [6.07, 6.45) is 5.76. The number of piperidine rings is 1. The third-order valence-electron chi connectivity index (χ3n) is 3.89. The van der Waals surface area contributed by atoms with Crippen molar-refractivity contribution in [3.05, 3.63) is 0 Å². The van der Waals surface area contributed by atoms with Crippen LogP contribution in [0.15, 0.2) is 0 Å². The highest BCUT2D eigenvalue weighted by molar-refractivity contribution is 7.88. The van der Waals surface area contributed by atoms with E-state index < -0.39 is 10.0 Å². The lowest BCUT2D eigenvalue weighted by Crippen LogP contribution is -2.52. The van der Waals surface area contributed by atoms with Gasteiger partial charge in [-0.3, -0.25) is 0 Å². The van der Waals surface area contributed by atoms with Crippen LogP contribution in [0.5, 0.6) is 0 Å². The van der Waals surface area contributed by atoms with E-state index in [0.29, 0.717) is 31.3 Å². The van der Waals surface area contributed by atoms with Crippen molar-refractivity contribution >= 4 is 10.0 Å². The van der Waals surface area contributed by atoms with Gasteiger partial charge in [0.15, 0.2) is 0 Å². The molecule has 0 aromatic rings. The van der Waals surface area contributed by atoms with Gasteiger partial charge in [-0.15, -0.1) is 0 Å². The monoisotopic (exact) mass is 276 g/mol. The van der Waals surface area contributed by atoms with Crippen LogP contribution >= 0.6 is 0 Å². The average Bonchev–Trinajstić information content (AvgIpc) is 2.26. The molecule has 0 radical (unpaired) electrons. The van der Waals surface area contributed by atoms with Gasteiger partial charge >= 0.3 is 0 Å². The van der Waals surface area contributed by atoms with Gasteiger partial charge in [0, 0.05) is 31.8 Å². The van der Waals surface area contributed by atoms with Crippen LogP contribution in [-0.2, 0) is 14.8 Å². The minimum Gasteiger partial charge on any atom is -0.378 e. The van der Waals surface area contributed by atoms with Gasteiger partial charge in [0.25, 0.3) is 0 Å². The van der Waals surface area contributed by atoms with E-state index in [9.17, 15) is 8.42 Å². The van der Waals surface area contributed by atoms with Gasteiger partial charge in [-0.2, -0.15) is 0 Å². The number of ether oxygens (including phenoxy) is 1. The second-order valence-corrected chi connectivity index (χ2v) is 7.33. The Hall–Kier alpha value is -0.170. The van der Waals surface area contributed by atoms with Gasteiger partial charge in [0.1, 0.15) is 0 Å². The van der Waals surface area contributed by atoms with Crippen LogP contribution in [0.1, 0.15) is 32.6 Å². The van der Waals surface area contributed by atoms with Crippen LogP contribution in [-0.4, -0.2) is 56.9 Å². The van der Waals surface area contributed by atoms with Crippen molar-refractivity contribution in [3.63, 3.8) is 0 Å². The topological polar surface area (TPSA) is 58.6 Å². The zero-order chi connectivity index (χ0) is 13.2. The van der Waals surface area contributed by atoms with Crippen molar-refractivity contribution in [2.24, 2.45) is 0 Å². The maximum Gasteiger partial charge on any atom is 0.211 e. The van der Waals surface area contributed by atoms with Crippen LogP contribution in [0, 0.1) is 0 Å². The van der Waals surface area contributed by atoms with Crippen LogP contribution in [0.4, 0.5) is 0 Å². The first-order valence-corrected chi connectivity index (χ1v) is 8.66. The maximum atomic E-state index is 11.4. The minimum atomic E-state index is -3.00. The fourth-order valence-corrected chi connectivity index (χ4v) is 3.64. The molecular weight excluding hydrogens is 252 g/mol. The standard InChI is InChI=1S/C12H24N2O3S/c1-3-17-12-8-11(9-12)13-10-4-6-14(7-5-10)18(2,15)16/h10-13H,3-9H2,1-2H3. The molecule has 1 aliphatic carbocycles. The van der Waals surface area contributed by atoms with Crippen LogP contribution in [0.2, 0.25) is 0 Å². The Kier molecular flexibility index (Phi) is 4.64. The minimum absolute atomic E-state index is 0.434. The average molecular weight is 276 g/mol. The fraction of sp³-hybridized carbons (Fsp3) is 1.00. The molecule has 2 rings (SSSR count). The lowest BCUT2D eigenvalue weighted by molar-refractivity contribution is -0.0136. The number of sulfonamides is 1. The van der Waals surface area contributed by atoms with Gasteiger partial charge < -0.3 is 10.1 Å². The van der Waals surface area contributed by atoms with Crippen LogP contribution in [0.3, 0.4) is 0 Å². The first-order chi connectivity index (χ1) is 8.49. The first-order valence-electron chi connectivity index (χ1n) is 6.81. The Labute approximate surface area is 110 Å². The summed E-state index contributed by atoms with van der Waals surface area (Å²) >= 11 is 0. The van der Waals surface area contributed by atoms with E-state index in [0.717, 1.165) is 32.3 Å². The number of nitrogens with one attached hydrogen (secondary N) is 1. The molecule has 0 aromatic heterocycles. The SMILES string of the molecule is CCOC1CC(NC2CCN(S(C)(=O)=O)CC2)C1. The van der Waals surface area contributed by atoms with E-state index in [-0.39, 0.29) is 0 Å². The van der Waals surface area contributed by atoms with Crippen molar-refractivity contribution in [2.75, 3.05) is 26.0 Å². The van der Waals surface area contributed by atoms with Crippen molar-refractivity contribution in [2.45, 2.75) is 50.8 Å². The molecule has 1 heterocycles. The molecule has 0 amide bonds. The lowest BCUT2D eigenvalue weighted by atomic mass is 9.88. The van der Waals surface area contributed by atoms with Crippen molar-refractivity contribution < 1.29 is 13.2 Å². The van der Waals surface area contributed by atoms with Gasteiger partial charge in [-0.25, -0.2) is 12.7 Å². The summed E-state index contributed by atoms with van der Waals surface area (Å²) in [6, 6.07) is 1.03. The molecule has 2 fully saturated rings. The Bertz CT molecular complexity index is 358. The molecule has 1 aliphatic heterocycles. The van der Waals surface area contributed by atoms with Crippen LogP contribution in [0.25, 0.3) is 0 Å². The Morgan fingerprint density at radius 1 is 1.22 bits per heavy atom. The van der Waals surface area contributed by atoms with E-state index in [1.165, 1.54) is 6.26 Å². The molecule has 0 bridgehead atoms. The highest BCUT2D eigenvalue weighted by Gasteiger charge is 2.32. The number of rotatable bonds is 5. The molecule has 0 aromatic carbocycles. The second-order valence-electron chi connectivity index (χ2n) is 5.35. The molecular formula is C12H24N2O3S. The number of hydrogen-bond acceptors (Lipinski definition) is 4. The predicted octanol–water partition coefficient (Wildman–Crippen LogP) is 0.568. The summed E-state index contributed by atoms with van der Waals surface area (Å²) in [5, 5.41) is 3.61. The largest absolute Gasteiger partial charge is 0.378 e. The Morgan fingerprint density at radius 3 is 2.33 bits per heavy atom. The van der Waals surface area contributed by atoms with E-state index >= 15 is 0 Å². The van der Waals surface area contributed by atoms with Crippen molar-refractivity contribution in [1.29, 1.82) is 0 Å². The van der Waals surface area contributed by atoms with E-state index in [4.69, 9.17) is 4.74 Å². The third kappa shape index (κ3) is 3.66.